The van der Waals surface area contributed by atoms with Crippen LogP contribution in [0.5, 0.6) is 5.88 Å². The molecule has 0 atom stereocenters. The number of carbonyl (C=O) groups is 1. The number of anilines is 1. The fourth-order valence-corrected chi connectivity index (χ4v) is 1.95. The molecule has 0 saturated carbocycles. The molecule has 2 heterocycles. The van der Waals surface area contributed by atoms with Gasteiger partial charge in [-0.25, -0.2) is 0 Å². The molecule has 1 aliphatic heterocycles. The molecule has 0 bridgehead atoms. The van der Waals surface area contributed by atoms with Gasteiger partial charge in [0.2, 0.25) is 11.8 Å². The van der Waals surface area contributed by atoms with E-state index in [2.05, 4.69) is 11.6 Å². The second kappa shape index (κ2) is 4.99. The summed E-state index contributed by atoms with van der Waals surface area (Å²) in [6.07, 6.45) is 3.89. The molecule has 90 valence electrons. The number of aromatic nitrogens is 1. The van der Waals surface area contributed by atoms with Gasteiger partial charge >= 0.3 is 0 Å². The van der Waals surface area contributed by atoms with Crippen molar-refractivity contribution in [2.24, 2.45) is 0 Å². The summed E-state index contributed by atoms with van der Waals surface area (Å²) < 4.78 is 5.10. The summed E-state index contributed by atoms with van der Waals surface area (Å²) >= 11 is 0. The molecule has 0 aliphatic carbocycles. The van der Waals surface area contributed by atoms with Crippen LogP contribution in [-0.4, -0.2) is 24.5 Å². The van der Waals surface area contributed by atoms with Gasteiger partial charge in [0.1, 0.15) is 5.82 Å². The van der Waals surface area contributed by atoms with Gasteiger partial charge in [0.05, 0.1) is 7.11 Å². The van der Waals surface area contributed by atoms with Crippen molar-refractivity contribution in [3.63, 3.8) is 0 Å². The molecule has 1 aromatic heterocycles. The minimum atomic E-state index is 0.125. The maximum Gasteiger partial charge on any atom is 0.228 e. The lowest BCUT2D eigenvalue weighted by atomic mass is 10.0. The van der Waals surface area contributed by atoms with Crippen LogP contribution < -0.4 is 9.64 Å². The number of hydrogen-bond donors (Lipinski definition) is 0. The van der Waals surface area contributed by atoms with E-state index in [1.807, 2.05) is 18.2 Å². The van der Waals surface area contributed by atoms with E-state index in [1.54, 1.807) is 12.0 Å². The number of fused-ring (bicyclic) bond motifs is 1. The Kier molecular flexibility index (Phi) is 3.42. The van der Waals surface area contributed by atoms with Crippen molar-refractivity contribution in [1.29, 1.82) is 0 Å². The number of nitrogens with zero attached hydrogens (tertiary/aromatic N) is 2. The van der Waals surface area contributed by atoms with E-state index in [1.165, 1.54) is 0 Å². The quantitative estimate of drug-likeness (QED) is 0.745. The lowest BCUT2D eigenvalue weighted by molar-refractivity contribution is -0.118. The number of hydrogen-bond acceptors (Lipinski definition) is 3. The van der Waals surface area contributed by atoms with Crippen LogP contribution in [-0.2, 0) is 11.2 Å². The van der Waals surface area contributed by atoms with Gasteiger partial charge in [-0.3, -0.25) is 9.69 Å². The zero-order valence-corrected chi connectivity index (χ0v) is 9.98. The fraction of sp³-hybridized carbons (Fsp3) is 0.385. The fourth-order valence-electron chi connectivity index (χ4n) is 1.95. The molecule has 4 nitrogen and oxygen atoms in total. The highest BCUT2D eigenvalue weighted by atomic mass is 16.5. The summed E-state index contributed by atoms with van der Waals surface area (Å²) in [5.74, 6) is 1.41. The molecule has 0 aromatic carbocycles. The Morgan fingerprint density at radius 2 is 2.35 bits per heavy atom. The summed E-state index contributed by atoms with van der Waals surface area (Å²) in [4.78, 5) is 18.0. The number of rotatable bonds is 4. The molecular weight excluding hydrogens is 216 g/mol. The van der Waals surface area contributed by atoms with Gasteiger partial charge in [0, 0.05) is 19.0 Å². The van der Waals surface area contributed by atoms with Gasteiger partial charge < -0.3 is 4.74 Å². The van der Waals surface area contributed by atoms with E-state index in [4.69, 9.17) is 4.74 Å². The second-order valence-electron chi connectivity index (χ2n) is 3.96. The third-order valence-electron chi connectivity index (χ3n) is 2.86. The highest BCUT2D eigenvalue weighted by molar-refractivity contribution is 5.95. The number of methoxy groups -OCH3 is 1. The first kappa shape index (κ1) is 11.6. The van der Waals surface area contributed by atoms with Crippen molar-refractivity contribution < 1.29 is 9.53 Å². The Labute approximate surface area is 101 Å². The van der Waals surface area contributed by atoms with Crippen molar-refractivity contribution in [2.75, 3.05) is 18.6 Å². The van der Waals surface area contributed by atoms with E-state index < -0.39 is 0 Å². The normalized spacial score (nSPS) is 14.4. The molecule has 0 spiro atoms. The third-order valence-corrected chi connectivity index (χ3v) is 2.86. The van der Waals surface area contributed by atoms with Crippen molar-refractivity contribution in [3.8, 4) is 5.88 Å². The summed E-state index contributed by atoms with van der Waals surface area (Å²) in [6.45, 7) is 4.31. The molecule has 0 radical (unpaired) electrons. The van der Waals surface area contributed by atoms with E-state index in [0.29, 0.717) is 18.8 Å². The van der Waals surface area contributed by atoms with Gasteiger partial charge in [0.25, 0.3) is 0 Å². The van der Waals surface area contributed by atoms with E-state index >= 15 is 0 Å². The number of amides is 1. The highest BCUT2D eigenvalue weighted by Crippen LogP contribution is 2.28. The molecule has 4 heteroatoms. The van der Waals surface area contributed by atoms with Gasteiger partial charge in [0.15, 0.2) is 0 Å². The Bertz CT molecular complexity index is 443. The molecule has 1 aromatic rings. The monoisotopic (exact) mass is 232 g/mol. The first-order valence-corrected chi connectivity index (χ1v) is 5.71. The molecule has 1 amide bonds. The molecule has 0 unspecified atom stereocenters. The maximum absolute atomic E-state index is 11.9. The molecule has 1 aliphatic rings. The van der Waals surface area contributed by atoms with Crippen LogP contribution in [0.15, 0.2) is 24.8 Å². The van der Waals surface area contributed by atoms with Crippen LogP contribution in [0.2, 0.25) is 0 Å². The van der Waals surface area contributed by atoms with Crippen LogP contribution in [0.4, 0.5) is 5.82 Å². The van der Waals surface area contributed by atoms with Gasteiger partial charge in [-0.2, -0.15) is 4.98 Å². The van der Waals surface area contributed by atoms with Gasteiger partial charge in [-0.1, -0.05) is 6.08 Å². The Balaban J connectivity index is 2.34. The molecular formula is C13H16N2O2. The van der Waals surface area contributed by atoms with Crippen molar-refractivity contribution in [3.05, 3.63) is 30.4 Å². The number of aryl methyl sites for hydroxylation is 1. The number of carbonyl (C=O) groups excluding carboxylic acids is 1. The first-order chi connectivity index (χ1) is 8.26. The van der Waals surface area contributed by atoms with Crippen LogP contribution in [0, 0.1) is 0 Å². The average Bonchev–Trinajstić information content (AvgIpc) is 2.37. The SMILES string of the molecule is C=CCCN1C(=O)CCc2ccc(OC)nc21. The van der Waals surface area contributed by atoms with E-state index in [9.17, 15) is 4.79 Å². The summed E-state index contributed by atoms with van der Waals surface area (Å²) in [6, 6.07) is 3.81. The van der Waals surface area contributed by atoms with Crippen molar-refractivity contribution >= 4 is 11.7 Å². The lowest BCUT2D eigenvalue weighted by Gasteiger charge is -2.28. The second-order valence-corrected chi connectivity index (χ2v) is 3.96. The largest absolute Gasteiger partial charge is 0.481 e. The maximum atomic E-state index is 11.9. The third kappa shape index (κ3) is 2.30. The van der Waals surface area contributed by atoms with Gasteiger partial charge in [-0.15, -0.1) is 6.58 Å². The van der Waals surface area contributed by atoms with Crippen LogP contribution >= 0.6 is 0 Å². The Morgan fingerprint density at radius 3 is 3.06 bits per heavy atom. The first-order valence-electron chi connectivity index (χ1n) is 5.71. The lowest BCUT2D eigenvalue weighted by Crippen LogP contribution is -2.36. The van der Waals surface area contributed by atoms with E-state index in [0.717, 1.165) is 24.2 Å². The van der Waals surface area contributed by atoms with Crippen molar-refractivity contribution in [1.82, 2.24) is 4.98 Å². The highest BCUT2D eigenvalue weighted by Gasteiger charge is 2.25. The number of pyridine rings is 1. The number of ether oxygens (including phenoxy) is 1. The smallest absolute Gasteiger partial charge is 0.228 e. The summed E-state index contributed by atoms with van der Waals surface area (Å²) in [5, 5.41) is 0. The van der Waals surface area contributed by atoms with Crippen LogP contribution in [0.25, 0.3) is 0 Å². The van der Waals surface area contributed by atoms with Crippen LogP contribution in [0.3, 0.4) is 0 Å². The van der Waals surface area contributed by atoms with E-state index in [-0.39, 0.29) is 5.91 Å². The predicted octanol–water partition coefficient (Wildman–Crippen LogP) is 1.95. The molecule has 0 fully saturated rings. The zero-order valence-electron chi connectivity index (χ0n) is 9.98. The Morgan fingerprint density at radius 1 is 1.53 bits per heavy atom. The molecule has 17 heavy (non-hydrogen) atoms. The molecule has 0 N–H and O–H groups in total. The standard InChI is InChI=1S/C13H16N2O2/c1-3-4-9-15-12(16)8-6-10-5-7-11(17-2)14-13(10)15/h3,5,7H,1,4,6,8-9H2,2H3. The Hall–Kier alpha value is -1.84. The average molecular weight is 232 g/mol. The van der Waals surface area contributed by atoms with Crippen molar-refractivity contribution in [2.45, 2.75) is 19.3 Å². The topological polar surface area (TPSA) is 42.4 Å². The zero-order chi connectivity index (χ0) is 12.3. The summed E-state index contributed by atoms with van der Waals surface area (Å²) in [5.41, 5.74) is 1.11. The summed E-state index contributed by atoms with van der Waals surface area (Å²) in [7, 11) is 1.58. The minimum Gasteiger partial charge on any atom is -0.481 e. The molecule has 2 rings (SSSR count). The van der Waals surface area contributed by atoms with Gasteiger partial charge in [-0.05, 0) is 24.5 Å². The molecule has 0 saturated heterocycles. The van der Waals surface area contributed by atoms with Crippen LogP contribution in [0.1, 0.15) is 18.4 Å². The minimum absolute atomic E-state index is 0.125. The predicted molar refractivity (Wildman–Crippen MR) is 66.3 cm³/mol.